The monoisotopic (exact) mass is 281 g/mol. The normalized spacial score (nSPS) is 13.8. The van der Waals surface area contributed by atoms with Crippen LogP contribution < -0.4 is 5.73 Å². The molecule has 2 N–H and O–H groups in total. The predicted octanol–water partition coefficient (Wildman–Crippen LogP) is 1.94. The molecule has 0 amide bonds. The van der Waals surface area contributed by atoms with Crippen LogP contribution >= 0.6 is 0 Å². The van der Waals surface area contributed by atoms with E-state index < -0.39 is 5.54 Å². The van der Waals surface area contributed by atoms with Gasteiger partial charge in [0, 0.05) is 6.20 Å². The molecule has 0 saturated carbocycles. The molecule has 0 spiro atoms. The van der Waals surface area contributed by atoms with E-state index in [9.17, 15) is 0 Å². The van der Waals surface area contributed by atoms with E-state index in [0.29, 0.717) is 23.8 Å². The highest BCUT2D eigenvalue weighted by atomic mass is 16.5. The second-order valence-electron chi connectivity index (χ2n) is 5.11. The quantitative estimate of drug-likeness (QED) is 0.786. The summed E-state index contributed by atoms with van der Waals surface area (Å²) in [5.41, 5.74) is 7.26. The number of hydrogen-bond donors (Lipinski definition) is 1. The van der Waals surface area contributed by atoms with E-state index in [1.165, 1.54) is 0 Å². The largest absolute Gasteiger partial charge is 0.337 e. The van der Waals surface area contributed by atoms with Crippen LogP contribution in [0.1, 0.15) is 18.4 Å². The first-order chi connectivity index (χ1) is 10.1. The fraction of sp³-hybridized carbons (Fsp3) is 0.200. The van der Waals surface area contributed by atoms with Crippen molar-refractivity contribution in [3.8, 4) is 11.5 Å². The van der Waals surface area contributed by atoms with Crippen LogP contribution in [0, 0.1) is 0 Å². The first-order valence-electron chi connectivity index (χ1n) is 6.60. The third-order valence-electron chi connectivity index (χ3n) is 3.13. The lowest BCUT2D eigenvalue weighted by atomic mass is 9.94. The summed E-state index contributed by atoms with van der Waals surface area (Å²) >= 11 is 0. The summed E-state index contributed by atoms with van der Waals surface area (Å²) in [5.74, 6) is 0.773. The molecule has 0 fully saturated rings. The molecule has 3 rings (SSSR count). The Hall–Kier alpha value is -2.60. The van der Waals surface area contributed by atoms with Crippen molar-refractivity contribution in [3.05, 3.63) is 60.1 Å². The van der Waals surface area contributed by atoms with Crippen molar-refractivity contribution in [1.82, 2.24) is 20.3 Å². The van der Waals surface area contributed by atoms with Gasteiger partial charge in [-0.2, -0.15) is 10.1 Å². The second kappa shape index (κ2) is 5.41. The molecule has 3 aromatic rings. The average Bonchev–Trinajstić information content (AvgIpc) is 2.99. The Morgan fingerprint density at radius 1 is 1.14 bits per heavy atom. The van der Waals surface area contributed by atoms with Gasteiger partial charge in [-0.3, -0.25) is 0 Å². The number of aromatic nitrogens is 4. The van der Waals surface area contributed by atoms with Crippen LogP contribution in [-0.2, 0) is 12.0 Å². The Bertz CT molecular complexity index is 709. The van der Waals surface area contributed by atoms with E-state index in [2.05, 4.69) is 20.3 Å². The predicted molar refractivity (Wildman–Crippen MR) is 77.0 cm³/mol. The van der Waals surface area contributed by atoms with Gasteiger partial charge in [-0.25, -0.2) is 0 Å². The van der Waals surface area contributed by atoms with E-state index >= 15 is 0 Å². The van der Waals surface area contributed by atoms with Gasteiger partial charge in [-0.15, -0.1) is 5.10 Å². The first kappa shape index (κ1) is 13.4. The van der Waals surface area contributed by atoms with Crippen molar-refractivity contribution < 1.29 is 4.52 Å². The fourth-order valence-corrected chi connectivity index (χ4v) is 2.08. The molecule has 6 nitrogen and oxygen atoms in total. The molecule has 6 heteroatoms. The third kappa shape index (κ3) is 2.95. The minimum absolute atomic E-state index is 0.381. The summed E-state index contributed by atoms with van der Waals surface area (Å²) in [7, 11) is 0. The Morgan fingerprint density at radius 2 is 1.95 bits per heavy atom. The van der Waals surface area contributed by atoms with E-state index in [1.54, 1.807) is 18.3 Å². The summed E-state index contributed by atoms with van der Waals surface area (Å²) in [4.78, 5) is 4.34. The zero-order valence-electron chi connectivity index (χ0n) is 11.6. The molecule has 106 valence electrons. The van der Waals surface area contributed by atoms with Crippen molar-refractivity contribution in [2.24, 2.45) is 5.73 Å². The van der Waals surface area contributed by atoms with Crippen molar-refractivity contribution in [3.63, 3.8) is 0 Å². The Labute approximate surface area is 122 Å². The summed E-state index contributed by atoms with van der Waals surface area (Å²) < 4.78 is 5.30. The molecule has 0 aliphatic carbocycles. The van der Waals surface area contributed by atoms with Crippen LogP contribution in [0.4, 0.5) is 0 Å². The van der Waals surface area contributed by atoms with E-state index in [-0.39, 0.29) is 0 Å². The lowest BCUT2D eigenvalue weighted by Crippen LogP contribution is -2.35. The van der Waals surface area contributed by atoms with Gasteiger partial charge in [0.25, 0.3) is 0 Å². The molecule has 0 saturated heterocycles. The van der Waals surface area contributed by atoms with Crippen LogP contribution in [0.3, 0.4) is 0 Å². The Kier molecular flexibility index (Phi) is 3.45. The maximum atomic E-state index is 6.33. The standard InChI is InChI=1S/C15H15N5O/c1-15(16,10-11-6-3-2-4-7-11)14-18-13(20-21-14)12-8-5-9-17-19-12/h2-9H,10,16H2,1H3/t15-/m0/s1. The average molecular weight is 281 g/mol. The number of hydrogen-bond acceptors (Lipinski definition) is 6. The number of benzene rings is 1. The first-order valence-corrected chi connectivity index (χ1v) is 6.60. The zero-order chi connectivity index (χ0) is 14.7. The molecule has 1 atom stereocenters. The maximum Gasteiger partial charge on any atom is 0.247 e. The fourth-order valence-electron chi connectivity index (χ4n) is 2.08. The zero-order valence-corrected chi connectivity index (χ0v) is 11.6. The van der Waals surface area contributed by atoms with Gasteiger partial charge in [-0.1, -0.05) is 35.5 Å². The van der Waals surface area contributed by atoms with Crippen LogP contribution in [0.25, 0.3) is 11.5 Å². The summed E-state index contributed by atoms with van der Waals surface area (Å²) in [5, 5.41) is 11.7. The smallest absolute Gasteiger partial charge is 0.247 e. The highest BCUT2D eigenvalue weighted by molar-refractivity contribution is 5.46. The van der Waals surface area contributed by atoms with E-state index in [4.69, 9.17) is 10.3 Å². The lowest BCUT2D eigenvalue weighted by Gasteiger charge is -2.19. The molecule has 2 heterocycles. The number of rotatable bonds is 4. The topological polar surface area (TPSA) is 90.7 Å². The van der Waals surface area contributed by atoms with Crippen molar-refractivity contribution in [2.75, 3.05) is 0 Å². The molecule has 2 aromatic heterocycles. The highest BCUT2D eigenvalue weighted by Crippen LogP contribution is 2.23. The molecular weight excluding hydrogens is 266 g/mol. The molecule has 0 unspecified atom stereocenters. The van der Waals surface area contributed by atoms with Crippen molar-refractivity contribution in [1.29, 1.82) is 0 Å². The summed E-state index contributed by atoms with van der Waals surface area (Å²) in [6.07, 6.45) is 2.20. The van der Waals surface area contributed by atoms with Gasteiger partial charge in [0.15, 0.2) is 0 Å². The van der Waals surface area contributed by atoms with Gasteiger partial charge in [0.1, 0.15) is 5.69 Å². The van der Waals surface area contributed by atoms with Crippen molar-refractivity contribution in [2.45, 2.75) is 18.9 Å². The summed E-state index contributed by atoms with van der Waals surface area (Å²) in [6, 6.07) is 13.5. The third-order valence-corrected chi connectivity index (χ3v) is 3.13. The van der Waals surface area contributed by atoms with Gasteiger partial charge in [0.05, 0.1) is 5.54 Å². The Morgan fingerprint density at radius 3 is 2.67 bits per heavy atom. The molecule has 21 heavy (non-hydrogen) atoms. The molecule has 1 aromatic carbocycles. The van der Waals surface area contributed by atoms with E-state index in [0.717, 1.165) is 5.56 Å². The number of nitrogens with zero attached hydrogens (tertiary/aromatic N) is 4. The second-order valence-corrected chi connectivity index (χ2v) is 5.11. The van der Waals surface area contributed by atoms with Crippen molar-refractivity contribution >= 4 is 0 Å². The summed E-state index contributed by atoms with van der Waals surface area (Å²) in [6.45, 7) is 1.87. The SMILES string of the molecule is C[C@](N)(Cc1ccccc1)c1nc(-c2cccnn2)no1. The van der Waals surface area contributed by atoms with Crippen LogP contribution in [0.2, 0.25) is 0 Å². The van der Waals surface area contributed by atoms with E-state index in [1.807, 2.05) is 37.3 Å². The minimum atomic E-state index is -0.741. The lowest BCUT2D eigenvalue weighted by molar-refractivity contribution is 0.296. The Balaban J connectivity index is 1.85. The van der Waals surface area contributed by atoms with Crippen LogP contribution in [-0.4, -0.2) is 20.3 Å². The molecule has 0 bridgehead atoms. The molecule has 0 aliphatic heterocycles. The van der Waals surface area contributed by atoms with Gasteiger partial charge < -0.3 is 10.3 Å². The van der Waals surface area contributed by atoms with Gasteiger partial charge in [0.2, 0.25) is 11.7 Å². The maximum absolute atomic E-state index is 6.33. The van der Waals surface area contributed by atoms with Crippen LogP contribution in [0.15, 0.2) is 53.2 Å². The van der Waals surface area contributed by atoms with Gasteiger partial charge >= 0.3 is 0 Å². The highest BCUT2D eigenvalue weighted by Gasteiger charge is 2.29. The number of nitrogens with two attached hydrogens (primary N) is 1. The minimum Gasteiger partial charge on any atom is -0.337 e. The molecule has 0 radical (unpaired) electrons. The molecule has 0 aliphatic rings. The molecular formula is C15H15N5O. The van der Waals surface area contributed by atoms with Gasteiger partial charge in [-0.05, 0) is 31.0 Å². The van der Waals surface area contributed by atoms with Crippen LogP contribution in [0.5, 0.6) is 0 Å².